The van der Waals surface area contributed by atoms with Crippen LogP contribution in [0.15, 0.2) is 30.6 Å². The highest BCUT2D eigenvalue weighted by Gasteiger charge is 2.29. The predicted molar refractivity (Wildman–Crippen MR) is 132 cm³/mol. The maximum atomic E-state index is 12.3. The van der Waals surface area contributed by atoms with E-state index in [0.717, 1.165) is 66.6 Å². The molecule has 10 heteroatoms. The number of hydrogen-bond donors (Lipinski definition) is 1. The molecule has 2 saturated heterocycles. The van der Waals surface area contributed by atoms with Crippen LogP contribution in [0.3, 0.4) is 0 Å². The minimum absolute atomic E-state index is 0.0739. The number of rotatable bonds is 2. The summed E-state index contributed by atoms with van der Waals surface area (Å²) in [4.78, 5) is 12.3. The Morgan fingerprint density at radius 1 is 1.00 bits per heavy atom. The fourth-order valence-corrected chi connectivity index (χ4v) is 5.39. The zero-order chi connectivity index (χ0) is 24.3. The highest BCUT2D eigenvalue weighted by Crippen LogP contribution is 2.36. The topological polar surface area (TPSA) is 102 Å². The van der Waals surface area contributed by atoms with Crippen molar-refractivity contribution < 1.29 is 23.7 Å². The van der Waals surface area contributed by atoms with Gasteiger partial charge < -0.3 is 24.3 Å². The standard InChI is InChI=1S/C26H33N5O5/c32-26-27-9-3-11-34-20-5-6-22-21(14-20)25(29-31(22)24-4-1-2-10-35-24)19-15-28-30(16-19)23(17-36-26)18-7-12-33-13-8-18/h5-6,14-16,18,23-24H,1-4,7-13,17H2,(H,27,32). The van der Waals surface area contributed by atoms with Gasteiger partial charge in [0.2, 0.25) is 0 Å². The molecule has 10 nitrogen and oxygen atoms in total. The number of amides is 1. The van der Waals surface area contributed by atoms with Crippen molar-refractivity contribution in [3.05, 3.63) is 30.6 Å². The van der Waals surface area contributed by atoms with Crippen LogP contribution in [0, 0.1) is 5.92 Å². The molecule has 4 bridgehead atoms. The van der Waals surface area contributed by atoms with Gasteiger partial charge in [0, 0.05) is 43.5 Å². The van der Waals surface area contributed by atoms with Crippen LogP contribution in [0.5, 0.6) is 5.75 Å². The molecule has 6 rings (SSSR count). The van der Waals surface area contributed by atoms with Gasteiger partial charge in [0.05, 0.1) is 24.4 Å². The summed E-state index contributed by atoms with van der Waals surface area (Å²) in [5.74, 6) is 1.08. The fourth-order valence-electron chi connectivity index (χ4n) is 5.39. The molecule has 1 N–H and O–H groups in total. The molecule has 2 unspecified atom stereocenters. The molecule has 2 atom stereocenters. The second kappa shape index (κ2) is 10.5. The van der Waals surface area contributed by atoms with Crippen LogP contribution >= 0.6 is 0 Å². The Bertz CT molecular complexity index is 1190. The number of cyclic esters (lactones) is 1. The summed E-state index contributed by atoms with van der Waals surface area (Å²) in [7, 11) is 0. The van der Waals surface area contributed by atoms with E-state index in [0.29, 0.717) is 38.7 Å². The monoisotopic (exact) mass is 495 g/mol. The first-order valence-electron chi connectivity index (χ1n) is 13.1. The van der Waals surface area contributed by atoms with E-state index in [-0.39, 0.29) is 18.9 Å². The number of hydrogen-bond acceptors (Lipinski definition) is 7. The Labute approximate surface area is 209 Å². The predicted octanol–water partition coefficient (Wildman–Crippen LogP) is 4.08. The van der Waals surface area contributed by atoms with Crippen LogP contribution in [0.4, 0.5) is 4.79 Å². The Morgan fingerprint density at radius 3 is 2.78 bits per heavy atom. The number of aromatic nitrogens is 4. The molecule has 3 aliphatic rings. The first-order chi connectivity index (χ1) is 17.8. The SMILES string of the molecule is O=C1NCCCOc2ccc3c(c2)c(nn3C2CCCCO2)-c2cnn(c2)C(C2CCOCC2)CO1. The van der Waals surface area contributed by atoms with Crippen LogP contribution in [-0.4, -0.2) is 65.2 Å². The van der Waals surface area contributed by atoms with E-state index in [4.69, 9.17) is 29.1 Å². The second-order valence-electron chi connectivity index (χ2n) is 9.75. The third-order valence-electron chi connectivity index (χ3n) is 7.38. The average molecular weight is 496 g/mol. The van der Waals surface area contributed by atoms with Gasteiger partial charge in [0.1, 0.15) is 18.1 Å². The van der Waals surface area contributed by atoms with Crippen molar-refractivity contribution in [2.75, 3.05) is 39.6 Å². The number of carbonyl (C=O) groups excluding carboxylic acids is 1. The number of carbonyl (C=O) groups is 1. The van der Waals surface area contributed by atoms with E-state index in [1.807, 2.05) is 27.8 Å². The van der Waals surface area contributed by atoms with Gasteiger partial charge in [0.15, 0.2) is 6.23 Å². The summed E-state index contributed by atoms with van der Waals surface area (Å²) in [6.07, 6.45) is 9.02. The number of alkyl carbamates (subject to hydrolysis) is 1. The van der Waals surface area contributed by atoms with Crippen LogP contribution in [0.2, 0.25) is 0 Å². The number of ether oxygens (including phenoxy) is 4. The van der Waals surface area contributed by atoms with Crippen molar-refractivity contribution in [2.45, 2.75) is 50.8 Å². The van der Waals surface area contributed by atoms with Gasteiger partial charge in [0.25, 0.3) is 0 Å². The number of nitrogens with zero attached hydrogens (tertiary/aromatic N) is 4. The molecule has 2 aromatic heterocycles. The average Bonchev–Trinajstić information content (AvgIpc) is 3.54. The smallest absolute Gasteiger partial charge is 0.407 e. The number of benzene rings is 1. The molecule has 1 aromatic carbocycles. The van der Waals surface area contributed by atoms with Crippen molar-refractivity contribution in [3.63, 3.8) is 0 Å². The largest absolute Gasteiger partial charge is 0.494 e. The molecule has 3 aromatic rings. The Kier molecular flexibility index (Phi) is 6.78. The maximum Gasteiger partial charge on any atom is 0.407 e. The van der Waals surface area contributed by atoms with Gasteiger partial charge in [-0.2, -0.15) is 10.2 Å². The van der Waals surface area contributed by atoms with E-state index in [1.165, 1.54) is 0 Å². The lowest BCUT2D eigenvalue weighted by Crippen LogP contribution is -2.33. The summed E-state index contributed by atoms with van der Waals surface area (Å²) < 4.78 is 27.2. The van der Waals surface area contributed by atoms with Crippen LogP contribution < -0.4 is 10.1 Å². The van der Waals surface area contributed by atoms with Gasteiger partial charge in [-0.25, -0.2) is 9.48 Å². The molecule has 2 fully saturated rings. The van der Waals surface area contributed by atoms with Gasteiger partial charge in [-0.3, -0.25) is 4.68 Å². The molecule has 3 aliphatic heterocycles. The van der Waals surface area contributed by atoms with E-state index >= 15 is 0 Å². The maximum absolute atomic E-state index is 12.3. The lowest BCUT2D eigenvalue weighted by Gasteiger charge is -2.30. The fraction of sp³-hybridized carbons (Fsp3) is 0.577. The van der Waals surface area contributed by atoms with Crippen molar-refractivity contribution in [3.8, 4) is 17.0 Å². The lowest BCUT2D eigenvalue weighted by molar-refractivity contribution is -0.0365. The molecule has 36 heavy (non-hydrogen) atoms. The van der Waals surface area contributed by atoms with Gasteiger partial charge in [-0.15, -0.1) is 0 Å². The van der Waals surface area contributed by atoms with Crippen LogP contribution in [0.25, 0.3) is 22.2 Å². The molecular weight excluding hydrogens is 462 g/mol. The van der Waals surface area contributed by atoms with Gasteiger partial charge in [-0.1, -0.05) is 0 Å². The summed E-state index contributed by atoms with van der Waals surface area (Å²) in [6, 6.07) is 6.02. The molecule has 192 valence electrons. The summed E-state index contributed by atoms with van der Waals surface area (Å²) in [5.41, 5.74) is 2.79. The summed E-state index contributed by atoms with van der Waals surface area (Å²) in [6.45, 7) is 3.39. The lowest BCUT2D eigenvalue weighted by atomic mass is 9.92. The van der Waals surface area contributed by atoms with Gasteiger partial charge in [-0.05, 0) is 62.6 Å². The van der Waals surface area contributed by atoms with Gasteiger partial charge >= 0.3 is 6.09 Å². The first-order valence-corrected chi connectivity index (χ1v) is 13.1. The zero-order valence-corrected chi connectivity index (χ0v) is 20.4. The zero-order valence-electron chi connectivity index (χ0n) is 20.4. The van der Waals surface area contributed by atoms with Crippen molar-refractivity contribution in [1.82, 2.24) is 24.9 Å². The number of nitrogens with one attached hydrogen (secondary N) is 1. The highest BCUT2D eigenvalue weighted by atomic mass is 16.5. The minimum Gasteiger partial charge on any atom is -0.494 e. The molecule has 5 heterocycles. The summed E-state index contributed by atoms with van der Waals surface area (Å²) in [5, 5.41) is 13.6. The molecule has 0 saturated carbocycles. The number of fused-ring (bicyclic) bond motifs is 4. The molecule has 0 aliphatic carbocycles. The Balaban J connectivity index is 1.41. The van der Waals surface area contributed by atoms with E-state index in [1.54, 1.807) is 0 Å². The van der Waals surface area contributed by atoms with Crippen LogP contribution in [0.1, 0.15) is 50.8 Å². The van der Waals surface area contributed by atoms with E-state index < -0.39 is 6.09 Å². The van der Waals surface area contributed by atoms with E-state index in [9.17, 15) is 4.79 Å². The van der Waals surface area contributed by atoms with Crippen molar-refractivity contribution >= 4 is 17.0 Å². The van der Waals surface area contributed by atoms with E-state index in [2.05, 4.69) is 17.4 Å². The molecule has 0 spiro atoms. The molecular formula is C26H33N5O5. The third kappa shape index (κ3) is 4.79. The molecule has 1 amide bonds. The minimum atomic E-state index is -0.415. The molecule has 0 radical (unpaired) electrons. The quantitative estimate of drug-likeness (QED) is 0.572. The van der Waals surface area contributed by atoms with Crippen molar-refractivity contribution in [1.29, 1.82) is 0 Å². The Morgan fingerprint density at radius 2 is 1.92 bits per heavy atom. The van der Waals surface area contributed by atoms with Crippen LogP contribution in [-0.2, 0) is 14.2 Å². The highest BCUT2D eigenvalue weighted by molar-refractivity contribution is 5.94. The third-order valence-corrected chi connectivity index (χ3v) is 7.38. The first kappa shape index (κ1) is 23.3. The van der Waals surface area contributed by atoms with Crippen molar-refractivity contribution in [2.24, 2.45) is 5.92 Å². The normalized spacial score (nSPS) is 24.3. The Hall–Kier alpha value is -3.11. The second-order valence-corrected chi connectivity index (χ2v) is 9.75. The summed E-state index contributed by atoms with van der Waals surface area (Å²) >= 11 is 0.